The molecule has 1 aromatic heterocycles. The number of anilines is 1. The minimum absolute atomic E-state index is 0.477. The van der Waals surface area contributed by atoms with Gasteiger partial charge in [0.25, 0.3) is 0 Å². The van der Waals surface area contributed by atoms with Gasteiger partial charge in [-0.3, -0.25) is 0 Å². The molecule has 110 valence electrons. The number of thioether (sulfide) groups is 1. The molecule has 0 saturated heterocycles. The van der Waals surface area contributed by atoms with Gasteiger partial charge in [0.1, 0.15) is 12.4 Å². The van der Waals surface area contributed by atoms with E-state index in [-0.39, 0.29) is 0 Å². The first-order valence-corrected chi connectivity index (χ1v) is 8.05. The van der Waals surface area contributed by atoms with Crippen molar-refractivity contribution in [2.45, 2.75) is 12.1 Å². The summed E-state index contributed by atoms with van der Waals surface area (Å²) in [6.07, 6.45) is 5.95. The van der Waals surface area contributed by atoms with Crippen LogP contribution in [0.4, 0.5) is 5.82 Å². The molecule has 2 rings (SSSR count). The van der Waals surface area contributed by atoms with Gasteiger partial charge in [0, 0.05) is 12.6 Å². The molecule has 0 fully saturated rings. The summed E-state index contributed by atoms with van der Waals surface area (Å²) in [5.74, 6) is 1.38. The average Bonchev–Trinajstić information content (AvgIpc) is 2.53. The SMILES string of the molecule is CCNc1cc(OC/C=C/c2ccccc2)nc(SC)n1. The van der Waals surface area contributed by atoms with Crippen molar-refractivity contribution in [3.05, 3.63) is 48.0 Å². The quantitative estimate of drug-likeness (QED) is 0.624. The summed E-state index contributed by atoms with van der Waals surface area (Å²) >= 11 is 1.50. The predicted octanol–water partition coefficient (Wildman–Crippen LogP) is 3.72. The van der Waals surface area contributed by atoms with Crippen LogP contribution in [0.5, 0.6) is 5.88 Å². The van der Waals surface area contributed by atoms with E-state index in [0.717, 1.165) is 17.9 Å². The van der Waals surface area contributed by atoms with Crippen LogP contribution in [-0.4, -0.2) is 29.4 Å². The Hall–Kier alpha value is -2.01. The minimum Gasteiger partial charge on any atom is -0.473 e. The maximum Gasteiger partial charge on any atom is 0.219 e. The Morgan fingerprint density at radius 2 is 2.05 bits per heavy atom. The Kier molecular flexibility index (Phi) is 6.09. The van der Waals surface area contributed by atoms with Crippen molar-refractivity contribution >= 4 is 23.7 Å². The average molecular weight is 301 g/mol. The zero-order chi connectivity index (χ0) is 14.9. The first kappa shape index (κ1) is 15.4. The fourth-order valence-electron chi connectivity index (χ4n) is 1.72. The van der Waals surface area contributed by atoms with E-state index in [1.807, 2.05) is 49.6 Å². The Bertz CT molecular complexity index is 587. The third-order valence-corrected chi connectivity index (χ3v) is 3.21. The molecule has 5 heteroatoms. The largest absolute Gasteiger partial charge is 0.473 e. The number of rotatable bonds is 7. The second-order valence-electron chi connectivity index (χ2n) is 4.23. The highest BCUT2D eigenvalue weighted by atomic mass is 32.2. The zero-order valence-corrected chi connectivity index (χ0v) is 13.1. The molecule has 0 saturated carbocycles. The number of aromatic nitrogens is 2. The molecular weight excluding hydrogens is 282 g/mol. The first-order chi connectivity index (χ1) is 10.3. The van der Waals surface area contributed by atoms with Gasteiger partial charge >= 0.3 is 0 Å². The molecule has 0 amide bonds. The predicted molar refractivity (Wildman–Crippen MR) is 88.9 cm³/mol. The number of hydrogen-bond donors (Lipinski definition) is 1. The van der Waals surface area contributed by atoms with E-state index in [1.165, 1.54) is 11.8 Å². The summed E-state index contributed by atoms with van der Waals surface area (Å²) in [4.78, 5) is 8.69. The van der Waals surface area contributed by atoms with Crippen LogP contribution in [0.15, 0.2) is 47.6 Å². The molecule has 0 aliphatic carbocycles. The number of nitrogens with zero attached hydrogens (tertiary/aromatic N) is 2. The maximum atomic E-state index is 5.67. The van der Waals surface area contributed by atoms with Crippen LogP contribution in [0.2, 0.25) is 0 Å². The molecule has 2 aromatic rings. The monoisotopic (exact) mass is 301 g/mol. The van der Waals surface area contributed by atoms with Crippen molar-refractivity contribution in [3.8, 4) is 5.88 Å². The lowest BCUT2D eigenvalue weighted by molar-refractivity contribution is 0.345. The molecule has 0 radical (unpaired) electrons. The van der Waals surface area contributed by atoms with Gasteiger partial charge in [0.15, 0.2) is 5.16 Å². The lowest BCUT2D eigenvalue weighted by Gasteiger charge is -2.07. The smallest absolute Gasteiger partial charge is 0.219 e. The normalized spacial score (nSPS) is 10.8. The molecule has 1 aromatic carbocycles. The fraction of sp³-hybridized carbons (Fsp3) is 0.250. The summed E-state index contributed by atoms with van der Waals surface area (Å²) in [6.45, 7) is 3.33. The summed E-state index contributed by atoms with van der Waals surface area (Å²) < 4.78 is 5.67. The molecule has 0 bridgehead atoms. The minimum atomic E-state index is 0.477. The molecule has 21 heavy (non-hydrogen) atoms. The standard InChI is InChI=1S/C16H19N3OS/c1-3-17-14-12-15(19-16(18-14)21-2)20-11-7-10-13-8-5-4-6-9-13/h4-10,12H,3,11H2,1-2H3,(H,17,18,19)/b10-7+. The number of nitrogens with one attached hydrogen (secondary N) is 1. The summed E-state index contributed by atoms with van der Waals surface area (Å²) in [5, 5.41) is 3.88. The van der Waals surface area contributed by atoms with E-state index in [4.69, 9.17) is 4.74 Å². The highest BCUT2D eigenvalue weighted by molar-refractivity contribution is 7.98. The second kappa shape index (κ2) is 8.32. The van der Waals surface area contributed by atoms with Crippen LogP contribution in [-0.2, 0) is 0 Å². The van der Waals surface area contributed by atoms with Crippen LogP contribution in [0.1, 0.15) is 12.5 Å². The van der Waals surface area contributed by atoms with Crippen LogP contribution in [0, 0.1) is 0 Å². The fourth-order valence-corrected chi connectivity index (χ4v) is 2.09. The van der Waals surface area contributed by atoms with Gasteiger partial charge in [-0.25, -0.2) is 4.98 Å². The Morgan fingerprint density at radius 3 is 2.76 bits per heavy atom. The van der Waals surface area contributed by atoms with Crippen molar-refractivity contribution in [3.63, 3.8) is 0 Å². The van der Waals surface area contributed by atoms with Gasteiger partial charge in [-0.05, 0) is 24.8 Å². The van der Waals surface area contributed by atoms with Gasteiger partial charge in [-0.1, -0.05) is 48.2 Å². The molecule has 0 spiro atoms. The highest BCUT2D eigenvalue weighted by Crippen LogP contribution is 2.18. The molecule has 0 unspecified atom stereocenters. The van der Waals surface area contributed by atoms with Gasteiger partial charge in [0.05, 0.1) is 0 Å². The number of ether oxygens (including phenoxy) is 1. The van der Waals surface area contributed by atoms with Crippen LogP contribution < -0.4 is 10.1 Å². The van der Waals surface area contributed by atoms with E-state index in [1.54, 1.807) is 0 Å². The molecule has 0 atom stereocenters. The van der Waals surface area contributed by atoms with E-state index in [2.05, 4.69) is 27.4 Å². The van der Waals surface area contributed by atoms with E-state index < -0.39 is 0 Å². The molecule has 0 aliphatic rings. The number of hydrogen-bond acceptors (Lipinski definition) is 5. The van der Waals surface area contributed by atoms with Gasteiger partial charge in [0.2, 0.25) is 5.88 Å². The van der Waals surface area contributed by atoms with Gasteiger partial charge in [-0.15, -0.1) is 0 Å². The Morgan fingerprint density at radius 1 is 1.24 bits per heavy atom. The van der Waals surface area contributed by atoms with E-state index in [0.29, 0.717) is 17.6 Å². The topological polar surface area (TPSA) is 47.0 Å². The van der Waals surface area contributed by atoms with Crippen molar-refractivity contribution < 1.29 is 4.74 Å². The van der Waals surface area contributed by atoms with Crippen molar-refractivity contribution in [2.75, 3.05) is 24.7 Å². The van der Waals surface area contributed by atoms with Crippen molar-refractivity contribution in [2.24, 2.45) is 0 Å². The second-order valence-corrected chi connectivity index (χ2v) is 5.01. The summed E-state index contributed by atoms with van der Waals surface area (Å²) in [5.41, 5.74) is 1.15. The van der Waals surface area contributed by atoms with Crippen LogP contribution >= 0.6 is 11.8 Å². The van der Waals surface area contributed by atoms with Crippen LogP contribution in [0.25, 0.3) is 6.08 Å². The highest BCUT2D eigenvalue weighted by Gasteiger charge is 2.03. The van der Waals surface area contributed by atoms with Gasteiger partial charge < -0.3 is 10.1 Å². The third-order valence-electron chi connectivity index (χ3n) is 2.66. The molecule has 0 aliphatic heterocycles. The third kappa shape index (κ3) is 5.11. The Balaban J connectivity index is 1.96. The van der Waals surface area contributed by atoms with Gasteiger partial charge in [-0.2, -0.15) is 4.98 Å². The molecule has 1 N–H and O–H groups in total. The lowest BCUT2D eigenvalue weighted by atomic mass is 10.2. The molecular formula is C16H19N3OS. The summed E-state index contributed by atoms with van der Waals surface area (Å²) in [7, 11) is 0. The van der Waals surface area contributed by atoms with E-state index >= 15 is 0 Å². The molecule has 1 heterocycles. The summed E-state index contributed by atoms with van der Waals surface area (Å²) in [6, 6.07) is 11.9. The number of benzene rings is 1. The maximum absolute atomic E-state index is 5.67. The van der Waals surface area contributed by atoms with Crippen LogP contribution in [0.3, 0.4) is 0 Å². The molecule has 4 nitrogen and oxygen atoms in total. The van der Waals surface area contributed by atoms with Crippen molar-refractivity contribution in [1.29, 1.82) is 0 Å². The zero-order valence-electron chi connectivity index (χ0n) is 12.2. The first-order valence-electron chi connectivity index (χ1n) is 6.83. The Labute approximate surface area is 129 Å². The lowest BCUT2D eigenvalue weighted by Crippen LogP contribution is -2.03. The van der Waals surface area contributed by atoms with Crippen molar-refractivity contribution in [1.82, 2.24) is 9.97 Å². The van der Waals surface area contributed by atoms with E-state index in [9.17, 15) is 0 Å².